The molecule has 2 rings (SSSR count). The van der Waals surface area contributed by atoms with Gasteiger partial charge in [0, 0.05) is 21.6 Å². The van der Waals surface area contributed by atoms with Crippen LogP contribution in [0.25, 0.3) is 10.9 Å². The zero-order valence-corrected chi connectivity index (χ0v) is 8.48. The van der Waals surface area contributed by atoms with Crippen LogP contribution in [-0.2, 0) is 6.42 Å². The molecule has 0 saturated heterocycles. The van der Waals surface area contributed by atoms with Gasteiger partial charge < -0.3 is 4.98 Å². The van der Waals surface area contributed by atoms with Crippen molar-refractivity contribution in [1.82, 2.24) is 4.98 Å². The summed E-state index contributed by atoms with van der Waals surface area (Å²) < 4.78 is 1.16. The SMILES string of the molecule is CCc1cccc2[nH]cc(Br)c12. The first-order valence-electron chi connectivity index (χ1n) is 4.07. The van der Waals surface area contributed by atoms with Crippen LogP contribution in [0.5, 0.6) is 0 Å². The van der Waals surface area contributed by atoms with Gasteiger partial charge in [0.1, 0.15) is 0 Å². The number of aryl methyl sites for hydroxylation is 1. The van der Waals surface area contributed by atoms with E-state index in [0.717, 1.165) is 10.9 Å². The predicted octanol–water partition coefficient (Wildman–Crippen LogP) is 3.49. The summed E-state index contributed by atoms with van der Waals surface area (Å²) >= 11 is 3.53. The summed E-state index contributed by atoms with van der Waals surface area (Å²) in [5, 5.41) is 1.32. The van der Waals surface area contributed by atoms with E-state index in [1.165, 1.54) is 16.5 Å². The molecule has 0 aliphatic rings. The smallest absolute Gasteiger partial charge is 0.0468 e. The number of fused-ring (bicyclic) bond motifs is 1. The number of halogens is 1. The number of hydrogen-bond donors (Lipinski definition) is 1. The van der Waals surface area contributed by atoms with E-state index in [2.05, 4.69) is 46.0 Å². The van der Waals surface area contributed by atoms with Gasteiger partial charge in [-0.15, -0.1) is 0 Å². The fourth-order valence-corrected chi connectivity index (χ4v) is 2.09. The quantitative estimate of drug-likeness (QED) is 0.763. The zero-order chi connectivity index (χ0) is 8.55. The third-order valence-corrected chi connectivity index (χ3v) is 2.75. The molecule has 1 heterocycles. The van der Waals surface area contributed by atoms with Gasteiger partial charge in [-0.1, -0.05) is 19.1 Å². The maximum atomic E-state index is 3.53. The molecule has 0 unspecified atom stereocenters. The molecule has 1 nitrogen and oxygen atoms in total. The topological polar surface area (TPSA) is 15.8 Å². The van der Waals surface area contributed by atoms with Gasteiger partial charge in [0.15, 0.2) is 0 Å². The van der Waals surface area contributed by atoms with E-state index < -0.39 is 0 Å². The highest BCUT2D eigenvalue weighted by molar-refractivity contribution is 9.10. The molecule has 1 N–H and O–H groups in total. The summed E-state index contributed by atoms with van der Waals surface area (Å²) in [7, 11) is 0. The average Bonchev–Trinajstić information content (AvgIpc) is 2.48. The lowest BCUT2D eigenvalue weighted by Gasteiger charge is -1.98. The van der Waals surface area contributed by atoms with Gasteiger partial charge in [0.05, 0.1) is 0 Å². The minimum absolute atomic E-state index is 1.08. The minimum Gasteiger partial charge on any atom is -0.360 e. The van der Waals surface area contributed by atoms with Gasteiger partial charge >= 0.3 is 0 Å². The molecular formula is C10H10BrN. The van der Waals surface area contributed by atoms with E-state index in [4.69, 9.17) is 0 Å². The number of aromatic amines is 1. The molecule has 0 bridgehead atoms. The highest BCUT2D eigenvalue weighted by Crippen LogP contribution is 2.26. The lowest BCUT2D eigenvalue weighted by Crippen LogP contribution is -1.80. The fourth-order valence-electron chi connectivity index (χ4n) is 1.51. The zero-order valence-electron chi connectivity index (χ0n) is 6.89. The third kappa shape index (κ3) is 1.07. The molecular weight excluding hydrogens is 214 g/mol. The Morgan fingerprint density at radius 3 is 3.00 bits per heavy atom. The van der Waals surface area contributed by atoms with Gasteiger partial charge in [0.25, 0.3) is 0 Å². The Balaban J connectivity index is 2.84. The molecule has 1 aromatic carbocycles. The highest BCUT2D eigenvalue weighted by atomic mass is 79.9. The minimum atomic E-state index is 1.08. The molecule has 0 aliphatic carbocycles. The lowest BCUT2D eigenvalue weighted by molar-refractivity contribution is 1.16. The molecule has 12 heavy (non-hydrogen) atoms. The first-order chi connectivity index (χ1) is 5.83. The van der Waals surface area contributed by atoms with Crippen molar-refractivity contribution in [1.29, 1.82) is 0 Å². The number of benzene rings is 1. The molecule has 0 aliphatic heterocycles. The van der Waals surface area contributed by atoms with Crippen LogP contribution in [0.3, 0.4) is 0 Å². The van der Waals surface area contributed by atoms with Crippen LogP contribution in [0.4, 0.5) is 0 Å². The second-order valence-electron chi connectivity index (χ2n) is 2.83. The number of H-pyrrole nitrogens is 1. The van der Waals surface area contributed by atoms with E-state index in [9.17, 15) is 0 Å². The van der Waals surface area contributed by atoms with Crippen molar-refractivity contribution in [3.63, 3.8) is 0 Å². The summed E-state index contributed by atoms with van der Waals surface area (Å²) in [5.41, 5.74) is 2.60. The van der Waals surface area contributed by atoms with Crippen molar-refractivity contribution < 1.29 is 0 Å². The molecule has 62 valence electrons. The Kier molecular flexibility index (Phi) is 1.93. The fraction of sp³-hybridized carbons (Fsp3) is 0.200. The second kappa shape index (κ2) is 2.94. The van der Waals surface area contributed by atoms with Crippen molar-refractivity contribution >= 4 is 26.8 Å². The van der Waals surface area contributed by atoms with Gasteiger partial charge in [-0.25, -0.2) is 0 Å². The largest absolute Gasteiger partial charge is 0.360 e. The molecule has 0 atom stereocenters. The summed E-state index contributed by atoms with van der Waals surface area (Å²) in [6.07, 6.45) is 3.07. The molecule has 0 radical (unpaired) electrons. The molecule has 2 heteroatoms. The number of rotatable bonds is 1. The van der Waals surface area contributed by atoms with Crippen molar-refractivity contribution in [2.75, 3.05) is 0 Å². The van der Waals surface area contributed by atoms with E-state index in [1.807, 2.05) is 6.20 Å². The lowest BCUT2D eigenvalue weighted by atomic mass is 10.1. The second-order valence-corrected chi connectivity index (χ2v) is 3.68. The molecule has 0 amide bonds. The van der Waals surface area contributed by atoms with Crippen molar-refractivity contribution in [2.45, 2.75) is 13.3 Å². The van der Waals surface area contributed by atoms with Crippen LogP contribution in [0.1, 0.15) is 12.5 Å². The summed E-state index contributed by atoms with van der Waals surface area (Å²) in [5.74, 6) is 0. The standard InChI is InChI=1S/C10H10BrN/c1-2-7-4-3-5-9-10(7)8(11)6-12-9/h3-6,12H,2H2,1H3. The van der Waals surface area contributed by atoms with Crippen LogP contribution >= 0.6 is 15.9 Å². The third-order valence-electron chi connectivity index (χ3n) is 2.12. The monoisotopic (exact) mass is 223 g/mol. The molecule has 1 aromatic heterocycles. The van der Waals surface area contributed by atoms with Crippen LogP contribution in [-0.4, -0.2) is 4.98 Å². The normalized spacial score (nSPS) is 10.8. The summed E-state index contributed by atoms with van der Waals surface area (Å²) in [6.45, 7) is 2.17. The first kappa shape index (κ1) is 7.87. The van der Waals surface area contributed by atoms with Crippen LogP contribution in [0.15, 0.2) is 28.9 Å². The Morgan fingerprint density at radius 2 is 2.25 bits per heavy atom. The van der Waals surface area contributed by atoms with Crippen molar-refractivity contribution in [2.24, 2.45) is 0 Å². The van der Waals surface area contributed by atoms with Gasteiger partial charge in [-0.3, -0.25) is 0 Å². The maximum absolute atomic E-state index is 3.53. The van der Waals surface area contributed by atoms with Crippen molar-refractivity contribution in [3.05, 3.63) is 34.4 Å². The maximum Gasteiger partial charge on any atom is 0.0468 e. The Bertz CT molecular complexity index is 403. The van der Waals surface area contributed by atoms with Gasteiger partial charge in [-0.05, 0) is 34.0 Å². The summed E-state index contributed by atoms with van der Waals surface area (Å²) in [6, 6.07) is 6.35. The van der Waals surface area contributed by atoms with Crippen LogP contribution < -0.4 is 0 Å². The van der Waals surface area contributed by atoms with Crippen molar-refractivity contribution in [3.8, 4) is 0 Å². The molecule has 2 aromatic rings. The Hall–Kier alpha value is -0.760. The number of nitrogens with one attached hydrogen (secondary N) is 1. The van der Waals surface area contributed by atoms with E-state index >= 15 is 0 Å². The molecule has 0 fully saturated rings. The molecule has 0 saturated carbocycles. The Morgan fingerprint density at radius 1 is 1.42 bits per heavy atom. The van der Waals surface area contributed by atoms with Crippen LogP contribution in [0.2, 0.25) is 0 Å². The van der Waals surface area contributed by atoms with Gasteiger partial charge in [0.2, 0.25) is 0 Å². The Labute approximate surface area is 79.9 Å². The van der Waals surface area contributed by atoms with Gasteiger partial charge in [-0.2, -0.15) is 0 Å². The number of aromatic nitrogens is 1. The van der Waals surface area contributed by atoms with E-state index in [1.54, 1.807) is 0 Å². The highest BCUT2D eigenvalue weighted by Gasteiger charge is 2.03. The number of hydrogen-bond acceptors (Lipinski definition) is 0. The predicted molar refractivity (Wildman–Crippen MR) is 55.4 cm³/mol. The van der Waals surface area contributed by atoms with E-state index in [-0.39, 0.29) is 0 Å². The molecule has 0 spiro atoms. The summed E-state index contributed by atoms with van der Waals surface area (Å²) in [4.78, 5) is 3.22. The first-order valence-corrected chi connectivity index (χ1v) is 4.86. The van der Waals surface area contributed by atoms with Crippen LogP contribution in [0, 0.1) is 0 Å². The average molecular weight is 224 g/mol. The van der Waals surface area contributed by atoms with E-state index in [0.29, 0.717) is 0 Å².